The van der Waals surface area contributed by atoms with Crippen LogP contribution in [0, 0.1) is 0 Å². The lowest BCUT2D eigenvalue weighted by Crippen LogP contribution is -2.30. The summed E-state index contributed by atoms with van der Waals surface area (Å²) in [6, 6.07) is 0. The summed E-state index contributed by atoms with van der Waals surface area (Å²) < 4.78 is 16.7. The number of allylic oxidation sites excluding steroid dienone is 23. The van der Waals surface area contributed by atoms with Crippen molar-refractivity contribution in [2.45, 2.75) is 219 Å². The summed E-state index contributed by atoms with van der Waals surface area (Å²) in [6.07, 6.45) is 80.0. The largest absolute Gasteiger partial charge is 0.462 e. The van der Waals surface area contributed by atoms with Gasteiger partial charge in [-0.15, -0.1) is 0 Å². The van der Waals surface area contributed by atoms with Crippen LogP contribution in [-0.4, -0.2) is 37.2 Å². The van der Waals surface area contributed by atoms with Gasteiger partial charge in [-0.25, -0.2) is 0 Å². The molecule has 0 aromatic carbocycles. The molecule has 0 aliphatic rings. The van der Waals surface area contributed by atoms with Gasteiger partial charge in [0.1, 0.15) is 13.2 Å². The van der Waals surface area contributed by atoms with Gasteiger partial charge in [-0.2, -0.15) is 0 Å². The third-order valence-electron chi connectivity index (χ3n) is 10.8. The zero-order valence-corrected chi connectivity index (χ0v) is 44.0. The van der Waals surface area contributed by atoms with E-state index in [9.17, 15) is 14.4 Å². The number of rotatable bonds is 47. The van der Waals surface area contributed by atoms with E-state index in [-0.39, 0.29) is 31.6 Å². The summed E-state index contributed by atoms with van der Waals surface area (Å²) in [6.45, 7) is 6.22. The van der Waals surface area contributed by atoms with Crippen LogP contribution in [0.1, 0.15) is 213 Å². The zero-order chi connectivity index (χ0) is 50.0. The number of esters is 3. The Bertz CT molecular complexity index is 1560. The lowest BCUT2D eigenvalue weighted by molar-refractivity contribution is -0.166. The molecule has 0 aromatic heterocycles. The summed E-state index contributed by atoms with van der Waals surface area (Å²) in [7, 11) is 0. The number of carbonyl (C=O) groups is 3. The molecule has 6 heteroatoms. The van der Waals surface area contributed by atoms with Gasteiger partial charge in [-0.3, -0.25) is 14.4 Å². The van der Waals surface area contributed by atoms with Crippen LogP contribution in [0.2, 0.25) is 0 Å². The molecular weight excluding hydrogens is 853 g/mol. The van der Waals surface area contributed by atoms with Gasteiger partial charge >= 0.3 is 17.9 Å². The number of carbonyl (C=O) groups excluding carboxylic acids is 3. The van der Waals surface area contributed by atoms with Gasteiger partial charge in [0.2, 0.25) is 0 Å². The fourth-order valence-corrected chi connectivity index (χ4v) is 6.82. The van der Waals surface area contributed by atoms with E-state index >= 15 is 0 Å². The van der Waals surface area contributed by atoms with E-state index in [0.29, 0.717) is 19.3 Å². The topological polar surface area (TPSA) is 78.9 Å². The highest BCUT2D eigenvalue weighted by molar-refractivity contribution is 5.72. The monoisotopic (exact) mass is 951 g/mol. The standard InChI is InChI=1S/C63H98O6/c1-4-7-10-13-16-19-22-25-27-28-29-30-31-32-33-34-36-38-41-44-47-50-53-56-62(65)68-59-60(58-67-61(64)55-52-49-46-43-40-37-24-21-18-15-12-9-6-3)69-63(66)57-54-51-48-45-42-39-35-26-23-20-17-14-11-8-5-2/h7-8,10-12,15-17,19-21,24-27,29-30,32-33,35,42,45,51,54,60H,4-6,9,13-14,18,22-23,28,31,34,36-41,43-44,46-50,52-53,55-59H2,1-3H3/b10-7-,11-8-,15-12-,19-16-,20-17-,24-21-,27-25-,30-29-,33-32-,35-26-,45-42-,54-51-. The first-order valence-corrected chi connectivity index (χ1v) is 27.3. The molecule has 6 nitrogen and oxygen atoms in total. The maximum absolute atomic E-state index is 12.8. The molecule has 69 heavy (non-hydrogen) atoms. The Morgan fingerprint density at radius 3 is 0.957 bits per heavy atom. The first kappa shape index (κ1) is 64.3. The Morgan fingerprint density at radius 1 is 0.319 bits per heavy atom. The molecule has 0 radical (unpaired) electrons. The van der Waals surface area contributed by atoms with Crippen LogP contribution in [0.4, 0.5) is 0 Å². The Morgan fingerprint density at radius 2 is 0.609 bits per heavy atom. The molecular formula is C63H98O6. The average Bonchev–Trinajstić information content (AvgIpc) is 3.35. The molecule has 0 bridgehead atoms. The van der Waals surface area contributed by atoms with Crippen molar-refractivity contribution in [2.24, 2.45) is 0 Å². The smallest absolute Gasteiger partial charge is 0.310 e. The Labute approximate surface area is 423 Å². The summed E-state index contributed by atoms with van der Waals surface area (Å²) in [5.74, 6) is -1.10. The van der Waals surface area contributed by atoms with Gasteiger partial charge in [-0.05, 0) is 116 Å². The number of ether oxygens (including phenoxy) is 3. The molecule has 0 aromatic rings. The van der Waals surface area contributed by atoms with Crippen LogP contribution >= 0.6 is 0 Å². The fourth-order valence-electron chi connectivity index (χ4n) is 6.82. The molecule has 0 N–H and O–H groups in total. The van der Waals surface area contributed by atoms with E-state index in [0.717, 1.165) is 141 Å². The fraction of sp³-hybridized carbons (Fsp3) is 0.571. The Kier molecular flexibility index (Phi) is 52.1. The molecule has 0 heterocycles. The predicted octanol–water partition coefficient (Wildman–Crippen LogP) is 18.4. The van der Waals surface area contributed by atoms with Gasteiger partial charge in [-0.1, -0.05) is 224 Å². The predicted molar refractivity (Wildman–Crippen MR) is 297 cm³/mol. The van der Waals surface area contributed by atoms with Crippen molar-refractivity contribution in [1.82, 2.24) is 0 Å². The average molecular weight is 951 g/mol. The van der Waals surface area contributed by atoms with Crippen molar-refractivity contribution in [3.8, 4) is 0 Å². The van der Waals surface area contributed by atoms with Crippen molar-refractivity contribution in [3.05, 3.63) is 146 Å². The number of unbranched alkanes of at least 4 members (excludes halogenated alkanes) is 13. The van der Waals surface area contributed by atoms with E-state index in [4.69, 9.17) is 14.2 Å². The molecule has 0 fully saturated rings. The normalized spacial score (nSPS) is 13.3. The maximum Gasteiger partial charge on any atom is 0.310 e. The van der Waals surface area contributed by atoms with Gasteiger partial charge in [0.15, 0.2) is 6.10 Å². The van der Waals surface area contributed by atoms with Crippen molar-refractivity contribution in [3.63, 3.8) is 0 Å². The summed E-state index contributed by atoms with van der Waals surface area (Å²) >= 11 is 0. The molecule has 1 unspecified atom stereocenters. The maximum atomic E-state index is 12.8. The molecule has 0 saturated heterocycles. The second-order valence-electron chi connectivity index (χ2n) is 17.4. The molecule has 386 valence electrons. The van der Waals surface area contributed by atoms with Gasteiger partial charge < -0.3 is 14.2 Å². The minimum Gasteiger partial charge on any atom is -0.462 e. The van der Waals surface area contributed by atoms with Crippen molar-refractivity contribution < 1.29 is 28.6 Å². The van der Waals surface area contributed by atoms with Crippen molar-refractivity contribution in [2.75, 3.05) is 13.2 Å². The van der Waals surface area contributed by atoms with E-state index in [2.05, 4.69) is 154 Å². The van der Waals surface area contributed by atoms with Crippen LogP contribution in [0.3, 0.4) is 0 Å². The van der Waals surface area contributed by atoms with E-state index in [1.165, 1.54) is 25.7 Å². The molecule has 1 atom stereocenters. The van der Waals surface area contributed by atoms with Crippen LogP contribution in [0.15, 0.2) is 146 Å². The van der Waals surface area contributed by atoms with Gasteiger partial charge in [0.05, 0.1) is 6.42 Å². The second kappa shape index (κ2) is 55.9. The van der Waals surface area contributed by atoms with Gasteiger partial charge in [0, 0.05) is 12.8 Å². The Hall–Kier alpha value is -4.71. The van der Waals surface area contributed by atoms with Crippen LogP contribution in [-0.2, 0) is 28.6 Å². The molecule has 0 aliphatic heterocycles. The molecule has 0 rings (SSSR count). The molecule has 0 saturated carbocycles. The van der Waals surface area contributed by atoms with Gasteiger partial charge in [0.25, 0.3) is 0 Å². The number of hydrogen-bond acceptors (Lipinski definition) is 6. The minimum absolute atomic E-state index is 0.0844. The third-order valence-corrected chi connectivity index (χ3v) is 10.8. The van der Waals surface area contributed by atoms with Crippen LogP contribution in [0.5, 0.6) is 0 Å². The SMILES string of the molecule is CC/C=C\C/C=C\C/C=C\C/C=C\C/C=C\CCCCCCCCCC(=O)OCC(COC(=O)CCCCCCC/C=C\C/C=C\CCC)OC(=O)C/C=C\C/C=C\C/C=C\C/C=C\C/C=C\CC. The highest BCUT2D eigenvalue weighted by Gasteiger charge is 2.19. The summed E-state index contributed by atoms with van der Waals surface area (Å²) in [5, 5.41) is 0. The highest BCUT2D eigenvalue weighted by atomic mass is 16.6. The van der Waals surface area contributed by atoms with Crippen LogP contribution < -0.4 is 0 Å². The summed E-state index contributed by atoms with van der Waals surface area (Å²) in [4.78, 5) is 38.0. The Balaban J connectivity index is 4.50. The van der Waals surface area contributed by atoms with E-state index in [1.54, 1.807) is 6.08 Å². The zero-order valence-electron chi connectivity index (χ0n) is 44.0. The number of hydrogen-bond donors (Lipinski definition) is 0. The van der Waals surface area contributed by atoms with E-state index in [1.807, 2.05) is 6.08 Å². The lowest BCUT2D eigenvalue weighted by atomic mass is 10.1. The first-order chi connectivity index (χ1) is 34.0. The van der Waals surface area contributed by atoms with Crippen molar-refractivity contribution >= 4 is 17.9 Å². The second-order valence-corrected chi connectivity index (χ2v) is 17.4. The quantitative estimate of drug-likeness (QED) is 0.0262. The highest BCUT2D eigenvalue weighted by Crippen LogP contribution is 2.13. The minimum atomic E-state index is -0.849. The molecule has 0 amide bonds. The third kappa shape index (κ3) is 54.1. The lowest BCUT2D eigenvalue weighted by Gasteiger charge is -2.18. The van der Waals surface area contributed by atoms with E-state index < -0.39 is 12.1 Å². The van der Waals surface area contributed by atoms with Crippen molar-refractivity contribution in [1.29, 1.82) is 0 Å². The molecule has 0 aliphatic carbocycles. The first-order valence-electron chi connectivity index (χ1n) is 27.3. The van der Waals surface area contributed by atoms with Crippen LogP contribution in [0.25, 0.3) is 0 Å². The summed E-state index contributed by atoms with van der Waals surface area (Å²) in [5.41, 5.74) is 0. The molecule has 0 spiro atoms.